The fraction of sp³-hybridized carbons (Fsp3) is 0.444. The lowest BCUT2D eigenvalue weighted by Gasteiger charge is -2.27. The molecule has 0 aliphatic heterocycles. The highest BCUT2D eigenvalue weighted by atomic mass is 19.4. The summed E-state index contributed by atoms with van der Waals surface area (Å²) in [6, 6.07) is 6.97. The van der Waals surface area contributed by atoms with Crippen molar-refractivity contribution >= 4 is 11.6 Å². The summed E-state index contributed by atoms with van der Waals surface area (Å²) < 4.78 is 39.7. The molecule has 8 heteroatoms. The molecule has 1 amide bonds. The zero-order valence-electron chi connectivity index (χ0n) is 13.9. The average molecular weight is 364 g/mol. The molecule has 0 saturated heterocycles. The van der Waals surface area contributed by atoms with Gasteiger partial charge in [0.05, 0.1) is 17.8 Å². The van der Waals surface area contributed by atoms with E-state index in [0.29, 0.717) is 17.5 Å². The molecule has 2 fully saturated rings. The molecule has 2 aliphatic rings. The van der Waals surface area contributed by atoms with Crippen molar-refractivity contribution in [3.63, 3.8) is 0 Å². The van der Waals surface area contributed by atoms with E-state index in [1.165, 1.54) is 12.1 Å². The minimum atomic E-state index is -4.48. The number of hydrogen-bond donors (Lipinski definition) is 2. The second-order valence-corrected chi connectivity index (χ2v) is 7.10. The molecule has 138 valence electrons. The van der Waals surface area contributed by atoms with Crippen LogP contribution in [0, 0.1) is 17.8 Å². The molecular weight excluding hydrogens is 345 g/mol. The number of alkyl halides is 3. The van der Waals surface area contributed by atoms with Crippen molar-refractivity contribution in [3.8, 4) is 5.69 Å². The van der Waals surface area contributed by atoms with Crippen LogP contribution >= 0.6 is 0 Å². The Balaban J connectivity index is 1.49. The first-order valence-corrected chi connectivity index (χ1v) is 8.62. The molecule has 2 saturated carbocycles. The third kappa shape index (κ3) is 2.88. The summed E-state index contributed by atoms with van der Waals surface area (Å²) in [5.41, 5.74) is 6.15. The molecular formula is C18H19F3N4O. The zero-order chi connectivity index (χ0) is 18.5. The molecule has 4 rings (SSSR count). The molecule has 2 aromatic rings. The summed E-state index contributed by atoms with van der Waals surface area (Å²) in [6.07, 6.45) is -0.237. The zero-order valence-corrected chi connectivity index (χ0v) is 13.9. The van der Waals surface area contributed by atoms with Gasteiger partial charge in [-0.1, -0.05) is 0 Å². The lowest BCUT2D eigenvalue weighted by atomic mass is 9.84. The van der Waals surface area contributed by atoms with E-state index in [1.54, 1.807) is 12.1 Å². The molecule has 4 unspecified atom stereocenters. The molecule has 5 nitrogen and oxygen atoms in total. The predicted octanol–water partition coefficient (Wildman–Crippen LogP) is 3.20. The number of nitrogens with two attached hydrogens (primary N) is 1. The van der Waals surface area contributed by atoms with E-state index < -0.39 is 11.9 Å². The monoisotopic (exact) mass is 364 g/mol. The topological polar surface area (TPSA) is 72.9 Å². The quantitative estimate of drug-likeness (QED) is 0.878. The smallest absolute Gasteiger partial charge is 0.327 e. The molecule has 3 N–H and O–H groups in total. The number of rotatable bonds is 3. The van der Waals surface area contributed by atoms with Crippen LogP contribution in [0.4, 0.5) is 18.9 Å². The highest BCUT2D eigenvalue weighted by molar-refractivity contribution is 5.93. The van der Waals surface area contributed by atoms with Gasteiger partial charge in [0, 0.05) is 11.7 Å². The maximum Gasteiger partial charge on any atom is 0.433 e. The summed E-state index contributed by atoms with van der Waals surface area (Å²) in [5.74, 6) is 0.482. The molecule has 1 aromatic carbocycles. The summed E-state index contributed by atoms with van der Waals surface area (Å²) in [7, 11) is 0. The minimum Gasteiger partial charge on any atom is -0.327 e. The molecule has 0 spiro atoms. The van der Waals surface area contributed by atoms with Crippen LogP contribution < -0.4 is 11.1 Å². The first kappa shape index (κ1) is 17.1. The highest BCUT2D eigenvalue weighted by Gasteiger charge is 2.49. The number of halogens is 3. The van der Waals surface area contributed by atoms with E-state index in [9.17, 15) is 18.0 Å². The third-order valence-corrected chi connectivity index (χ3v) is 5.60. The SMILES string of the molecule is NC1C2CCC(C2)C1C(=O)Nc1ccc(-n2nccc2C(F)(F)F)cc1. The molecule has 0 radical (unpaired) electrons. The lowest BCUT2D eigenvalue weighted by molar-refractivity contribution is -0.142. The Kier molecular flexibility index (Phi) is 4.02. The average Bonchev–Trinajstić information content (AvgIpc) is 3.30. The van der Waals surface area contributed by atoms with Crippen molar-refractivity contribution in [1.29, 1.82) is 0 Å². The van der Waals surface area contributed by atoms with Crippen LogP contribution in [0.15, 0.2) is 36.5 Å². The number of aromatic nitrogens is 2. The molecule has 1 heterocycles. The fourth-order valence-electron chi connectivity index (χ4n) is 4.36. The van der Waals surface area contributed by atoms with Crippen LogP contribution in [0.5, 0.6) is 0 Å². The van der Waals surface area contributed by atoms with Crippen LogP contribution in [0.2, 0.25) is 0 Å². The maximum atomic E-state index is 13.0. The second kappa shape index (κ2) is 6.12. The van der Waals surface area contributed by atoms with Gasteiger partial charge in [0.2, 0.25) is 5.91 Å². The van der Waals surface area contributed by atoms with Crippen molar-refractivity contribution in [1.82, 2.24) is 9.78 Å². The number of amides is 1. The van der Waals surface area contributed by atoms with E-state index >= 15 is 0 Å². The number of carbonyl (C=O) groups is 1. The van der Waals surface area contributed by atoms with Gasteiger partial charge in [0.25, 0.3) is 0 Å². The standard InChI is InChI=1S/C18H19F3N4O/c19-18(20,21)14-7-8-23-25(14)13-5-3-12(4-6-13)24-17(26)15-10-1-2-11(9-10)16(15)22/h3-8,10-11,15-16H,1-2,9,22H2,(H,24,26). The van der Waals surface area contributed by atoms with Gasteiger partial charge >= 0.3 is 6.18 Å². The van der Waals surface area contributed by atoms with E-state index in [2.05, 4.69) is 10.4 Å². The van der Waals surface area contributed by atoms with Gasteiger partial charge in [0.1, 0.15) is 5.69 Å². The number of anilines is 1. The molecule has 4 atom stereocenters. The first-order valence-electron chi connectivity index (χ1n) is 8.62. The van der Waals surface area contributed by atoms with Crippen LogP contribution in [0.3, 0.4) is 0 Å². The predicted molar refractivity (Wildman–Crippen MR) is 89.5 cm³/mol. The summed E-state index contributed by atoms with van der Waals surface area (Å²) in [4.78, 5) is 12.6. The van der Waals surface area contributed by atoms with Gasteiger partial charge in [0.15, 0.2) is 0 Å². The van der Waals surface area contributed by atoms with Gasteiger partial charge in [-0.15, -0.1) is 0 Å². The highest BCUT2D eigenvalue weighted by Crippen LogP contribution is 2.47. The Morgan fingerprint density at radius 1 is 1.15 bits per heavy atom. The number of nitrogens with zero attached hydrogens (tertiary/aromatic N) is 2. The Bertz CT molecular complexity index is 813. The first-order chi connectivity index (χ1) is 12.3. The Morgan fingerprint density at radius 3 is 2.46 bits per heavy atom. The Hall–Kier alpha value is -2.35. The van der Waals surface area contributed by atoms with Gasteiger partial charge in [-0.2, -0.15) is 18.3 Å². The number of nitrogens with one attached hydrogen (secondary N) is 1. The van der Waals surface area contributed by atoms with E-state index in [0.717, 1.165) is 36.2 Å². The lowest BCUT2D eigenvalue weighted by Crippen LogP contribution is -2.42. The third-order valence-electron chi connectivity index (χ3n) is 5.60. The van der Waals surface area contributed by atoms with Crippen LogP contribution in [0.25, 0.3) is 5.69 Å². The van der Waals surface area contributed by atoms with Crippen molar-refractivity contribution in [2.45, 2.75) is 31.5 Å². The van der Waals surface area contributed by atoms with Gasteiger partial charge in [-0.05, 0) is 61.4 Å². The Morgan fingerprint density at radius 2 is 1.85 bits per heavy atom. The molecule has 1 aromatic heterocycles. The number of fused-ring (bicyclic) bond motifs is 2. The van der Waals surface area contributed by atoms with Crippen molar-refractivity contribution in [3.05, 3.63) is 42.2 Å². The molecule has 2 aliphatic carbocycles. The van der Waals surface area contributed by atoms with E-state index in [-0.39, 0.29) is 23.6 Å². The largest absolute Gasteiger partial charge is 0.433 e. The van der Waals surface area contributed by atoms with Gasteiger partial charge < -0.3 is 11.1 Å². The normalized spacial score (nSPS) is 27.7. The van der Waals surface area contributed by atoms with Crippen molar-refractivity contribution in [2.75, 3.05) is 5.32 Å². The number of benzene rings is 1. The van der Waals surface area contributed by atoms with Gasteiger partial charge in [-0.3, -0.25) is 4.79 Å². The van der Waals surface area contributed by atoms with Crippen LogP contribution in [-0.2, 0) is 11.0 Å². The van der Waals surface area contributed by atoms with Crippen LogP contribution in [0.1, 0.15) is 25.0 Å². The summed E-state index contributed by atoms with van der Waals surface area (Å²) in [5, 5.41) is 6.58. The molecule has 26 heavy (non-hydrogen) atoms. The van der Waals surface area contributed by atoms with E-state index in [4.69, 9.17) is 5.73 Å². The summed E-state index contributed by atoms with van der Waals surface area (Å²) in [6.45, 7) is 0. The molecule has 2 bridgehead atoms. The van der Waals surface area contributed by atoms with Crippen molar-refractivity contribution < 1.29 is 18.0 Å². The van der Waals surface area contributed by atoms with Crippen molar-refractivity contribution in [2.24, 2.45) is 23.5 Å². The van der Waals surface area contributed by atoms with E-state index in [1.807, 2.05) is 0 Å². The number of hydrogen-bond acceptors (Lipinski definition) is 3. The maximum absolute atomic E-state index is 13.0. The van der Waals surface area contributed by atoms with Crippen LogP contribution in [-0.4, -0.2) is 21.7 Å². The fourth-order valence-corrected chi connectivity index (χ4v) is 4.36. The minimum absolute atomic E-state index is 0.104. The second-order valence-electron chi connectivity index (χ2n) is 7.10. The number of carbonyl (C=O) groups excluding carboxylic acids is 1. The van der Waals surface area contributed by atoms with Gasteiger partial charge in [-0.25, -0.2) is 4.68 Å². The summed E-state index contributed by atoms with van der Waals surface area (Å²) >= 11 is 0. The Labute approximate surface area is 148 Å².